The van der Waals surface area contributed by atoms with Crippen molar-refractivity contribution in [1.29, 1.82) is 0 Å². The van der Waals surface area contributed by atoms with Crippen molar-refractivity contribution in [3.05, 3.63) is 16.1 Å². The number of halogens is 2. The average Bonchev–Trinajstić information content (AvgIpc) is 2.22. The minimum absolute atomic E-state index is 0.170. The van der Waals surface area contributed by atoms with E-state index in [9.17, 15) is 4.79 Å². The van der Waals surface area contributed by atoms with Gasteiger partial charge in [0.2, 0.25) is 0 Å². The highest BCUT2D eigenvalue weighted by Crippen LogP contribution is 2.46. The van der Waals surface area contributed by atoms with Gasteiger partial charge in [-0.2, -0.15) is 0 Å². The number of ether oxygens (including phenoxy) is 1. The summed E-state index contributed by atoms with van der Waals surface area (Å²) in [4.78, 5) is 13.1. The molecule has 1 aromatic rings. The van der Waals surface area contributed by atoms with Crippen molar-refractivity contribution in [1.82, 2.24) is 0 Å². The summed E-state index contributed by atoms with van der Waals surface area (Å²) in [6, 6.07) is 1.50. The maximum absolute atomic E-state index is 11.7. The van der Waals surface area contributed by atoms with Gasteiger partial charge in [0, 0.05) is 7.05 Å². The zero-order valence-electron chi connectivity index (χ0n) is 8.75. The number of carbonyl (C=O) groups is 1. The molecule has 1 heterocycles. The van der Waals surface area contributed by atoms with Crippen molar-refractivity contribution in [2.24, 2.45) is 0 Å². The van der Waals surface area contributed by atoms with Crippen molar-refractivity contribution in [3.63, 3.8) is 0 Å². The predicted molar refractivity (Wildman–Crippen MR) is 64.4 cm³/mol. The Balaban J connectivity index is 2.69. The number of carbonyl (C=O) groups excluding carboxylic acids is 1. The van der Waals surface area contributed by atoms with Crippen molar-refractivity contribution >= 4 is 40.5 Å². The number of amides is 1. The summed E-state index contributed by atoms with van der Waals surface area (Å²) in [5.74, 6) is 0.197. The second kappa shape index (κ2) is 3.71. The van der Waals surface area contributed by atoms with Crippen LogP contribution in [0.25, 0.3) is 0 Å². The first-order valence-electron chi connectivity index (χ1n) is 4.65. The van der Waals surface area contributed by atoms with Gasteiger partial charge in [-0.25, -0.2) is 0 Å². The molecule has 0 bridgehead atoms. The molecule has 86 valence electrons. The van der Waals surface area contributed by atoms with Gasteiger partial charge in [0.25, 0.3) is 5.91 Å². The Labute approximate surface area is 103 Å². The first kappa shape index (κ1) is 11.4. The molecule has 0 aliphatic carbocycles. The fourth-order valence-electron chi connectivity index (χ4n) is 1.64. The molecule has 0 spiro atoms. The van der Waals surface area contributed by atoms with E-state index in [2.05, 4.69) is 0 Å². The number of benzene rings is 1. The van der Waals surface area contributed by atoms with Crippen molar-refractivity contribution in [3.8, 4) is 5.75 Å². The summed E-state index contributed by atoms with van der Waals surface area (Å²) >= 11 is 11.9. The number of likely N-dealkylation sites (N-methyl/N-ethyl adjacent to an activating group) is 1. The lowest BCUT2D eigenvalue weighted by Gasteiger charge is -2.31. The van der Waals surface area contributed by atoms with Crippen LogP contribution in [0, 0.1) is 0 Å². The van der Waals surface area contributed by atoms with Gasteiger partial charge in [-0.3, -0.25) is 4.79 Å². The minimum Gasteiger partial charge on any atom is -0.476 e. The summed E-state index contributed by atoms with van der Waals surface area (Å²) in [7, 11) is 1.62. The molecule has 0 saturated heterocycles. The van der Waals surface area contributed by atoms with Crippen LogP contribution in [0.4, 0.5) is 11.4 Å². The second-order valence-electron chi connectivity index (χ2n) is 3.59. The van der Waals surface area contributed by atoms with E-state index >= 15 is 0 Å². The molecule has 2 N–H and O–H groups in total. The Morgan fingerprint density at radius 1 is 1.44 bits per heavy atom. The minimum atomic E-state index is -0.589. The predicted octanol–water partition coefficient (Wildman–Crippen LogP) is 2.32. The molecule has 1 aliphatic heterocycles. The van der Waals surface area contributed by atoms with Crippen LogP contribution in [-0.2, 0) is 4.79 Å². The monoisotopic (exact) mass is 260 g/mol. The highest BCUT2D eigenvalue weighted by Gasteiger charge is 2.33. The van der Waals surface area contributed by atoms with E-state index in [1.54, 1.807) is 14.0 Å². The van der Waals surface area contributed by atoms with Gasteiger partial charge >= 0.3 is 0 Å². The van der Waals surface area contributed by atoms with Gasteiger partial charge < -0.3 is 15.4 Å². The number of nitrogens with zero attached hydrogens (tertiary/aromatic N) is 1. The molecular formula is C10H10Cl2N2O2. The van der Waals surface area contributed by atoms with Crippen LogP contribution in [-0.4, -0.2) is 19.1 Å². The smallest absolute Gasteiger partial charge is 0.267 e. The standard InChI is InChI=1S/C10H10Cl2N2O2/c1-4-10(15)14(2)8-6(12)3-5(11)7(13)9(8)16-4/h3-4H,13H2,1-2H3. The fraction of sp³-hybridized carbons (Fsp3) is 0.300. The maximum atomic E-state index is 11.7. The van der Waals surface area contributed by atoms with Gasteiger partial charge in [0.15, 0.2) is 11.9 Å². The molecule has 1 aromatic carbocycles. The quantitative estimate of drug-likeness (QED) is 0.729. The van der Waals surface area contributed by atoms with E-state index in [0.29, 0.717) is 27.2 Å². The van der Waals surface area contributed by atoms with Gasteiger partial charge in [-0.15, -0.1) is 0 Å². The first-order chi connectivity index (χ1) is 7.43. The van der Waals surface area contributed by atoms with Crippen molar-refractivity contribution < 1.29 is 9.53 Å². The van der Waals surface area contributed by atoms with Crippen LogP contribution in [0.5, 0.6) is 5.75 Å². The van der Waals surface area contributed by atoms with Gasteiger partial charge in [0.1, 0.15) is 5.69 Å². The normalized spacial score (nSPS) is 19.4. The molecule has 16 heavy (non-hydrogen) atoms. The van der Waals surface area contributed by atoms with Crippen LogP contribution in [0.15, 0.2) is 6.07 Å². The molecule has 1 atom stereocenters. The van der Waals surface area contributed by atoms with E-state index in [4.69, 9.17) is 33.7 Å². The van der Waals surface area contributed by atoms with Crippen molar-refractivity contribution in [2.75, 3.05) is 17.7 Å². The zero-order valence-corrected chi connectivity index (χ0v) is 10.3. The zero-order chi connectivity index (χ0) is 12.0. The molecule has 0 aromatic heterocycles. The summed E-state index contributed by atoms with van der Waals surface area (Å²) < 4.78 is 5.42. The number of nitrogens with two attached hydrogens (primary N) is 1. The first-order valence-corrected chi connectivity index (χ1v) is 5.40. The number of hydrogen-bond acceptors (Lipinski definition) is 3. The molecule has 1 aliphatic rings. The van der Waals surface area contributed by atoms with Gasteiger partial charge in [0.05, 0.1) is 15.7 Å². The van der Waals surface area contributed by atoms with Crippen LogP contribution in [0.2, 0.25) is 10.0 Å². The summed E-state index contributed by atoms with van der Waals surface area (Å²) in [5.41, 5.74) is 6.55. The molecule has 0 saturated carbocycles. The lowest BCUT2D eigenvalue weighted by Crippen LogP contribution is -2.42. The van der Waals surface area contributed by atoms with E-state index in [1.165, 1.54) is 11.0 Å². The van der Waals surface area contributed by atoms with E-state index in [1.807, 2.05) is 0 Å². The van der Waals surface area contributed by atoms with Crippen LogP contribution < -0.4 is 15.4 Å². The highest BCUT2D eigenvalue weighted by molar-refractivity contribution is 6.39. The number of anilines is 2. The lowest BCUT2D eigenvalue weighted by molar-refractivity contribution is -0.125. The topological polar surface area (TPSA) is 55.6 Å². The Morgan fingerprint density at radius 2 is 2.06 bits per heavy atom. The lowest BCUT2D eigenvalue weighted by atomic mass is 10.1. The second-order valence-corrected chi connectivity index (χ2v) is 4.40. The van der Waals surface area contributed by atoms with Gasteiger partial charge in [-0.1, -0.05) is 23.2 Å². The summed E-state index contributed by atoms with van der Waals surface area (Å²) in [5, 5.41) is 0.663. The van der Waals surface area contributed by atoms with Crippen LogP contribution in [0.3, 0.4) is 0 Å². The maximum Gasteiger partial charge on any atom is 0.267 e. The van der Waals surface area contributed by atoms with E-state index < -0.39 is 6.10 Å². The number of rotatable bonds is 0. The fourth-order valence-corrected chi connectivity index (χ4v) is 2.22. The van der Waals surface area contributed by atoms with Gasteiger partial charge in [-0.05, 0) is 13.0 Å². The molecule has 0 fully saturated rings. The molecule has 0 radical (unpaired) electrons. The summed E-state index contributed by atoms with van der Waals surface area (Å²) in [6.45, 7) is 1.65. The number of nitrogen functional groups attached to an aromatic ring is 1. The molecule has 2 rings (SSSR count). The largest absolute Gasteiger partial charge is 0.476 e. The Hall–Kier alpha value is -1.13. The molecule has 6 heteroatoms. The molecule has 1 amide bonds. The van der Waals surface area contributed by atoms with Crippen LogP contribution >= 0.6 is 23.2 Å². The third kappa shape index (κ3) is 1.49. The Bertz CT molecular complexity index is 476. The van der Waals surface area contributed by atoms with Crippen molar-refractivity contribution in [2.45, 2.75) is 13.0 Å². The van der Waals surface area contributed by atoms with E-state index in [0.717, 1.165) is 0 Å². The SMILES string of the molecule is CC1Oc2c(N)c(Cl)cc(Cl)c2N(C)C1=O. The molecule has 4 nitrogen and oxygen atoms in total. The molecule has 1 unspecified atom stereocenters. The average molecular weight is 261 g/mol. The van der Waals surface area contributed by atoms with E-state index in [-0.39, 0.29) is 5.91 Å². The summed E-state index contributed by atoms with van der Waals surface area (Å²) in [6.07, 6.45) is -0.589. The molecular weight excluding hydrogens is 251 g/mol. The van der Waals surface area contributed by atoms with Crippen LogP contribution in [0.1, 0.15) is 6.92 Å². The highest BCUT2D eigenvalue weighted by atomic mass is 35.5. The number of fused-ring (bicyclic) bond motifs is 1. The third-order valence-corrected chi connectivity index (χ3v) is 3.11. The Morgan fingerprint density at radius 3 is 2.69 bits per heavy atom. The third-order valence-electron chi connectivity index (χ3n) is 2.51. The Kier molecular flexibility index (Phi) is 2.64. The number of hydrogen-bond donors (Lipinski definition) is 1.